The van der Waals surface area contributed by atoms with E-state index in [1.165, 1.54) is 57.8 Å². The van der Waals surface area contributed by atoms with E-state index in [9.17, 15) is 4.79 Å². The van der Waals surface area contributed by atoms with E-state index in [0.717, 1.165) is 48.3 Å². The number of carbonyl (C=O) groups excluding carboxylic acids is 1. The van der Waals surface area contributed by atoms with Crippen LogP contribution >= 0.6 is 12.4 Å². The minimum absolute atomic E-state index is 0. The lowest BCUT2D eigenvalue weighted by atomic mass is 9.47. The predicted molar refractivity (Wildman–Crippen MR) is 144 cm³/mol. The third-order valence-corrected chi connectivity index (χ3v) is 10.9. The number of carbonyl (C=O) groups is 1. The highest BCUT2D eigenvalue weighted by Crippen LogP contribution is 2.67. The minimum atomic E-state index is -0.117. The maximum Gasteiger partial charge on any atom is 0.307 e. The molecule has 0 saturated heterocycles. The molecule has 4 aliphatic rings. The second-order valence-corrected chi connectivity index (χ2v) is 13.2. The Bertz CT molecular complexity index is 735. The number of esters is 1. The summed E-state index contributed by atoms with van der Waals surface area (Å²) in [5.74, 6) is 5.11. The van der Waals surface area contributed by atoms with Gasteiger partial charge in [0.15, 0.2) is 0 Å². The van der Waals surface area contributed by atoms with Crippen molar-refractivity contribution < 1.29 is 9.53 Å². The molecule has 3 fully saturated rings. The fourth-order valence-corrected chi connectivity index (χ4v) is 9.12. The average Bonchev–Trinajstić information content (AvgIpc) is 3.11. The molecule has 0 aliphatic heterocycles. The van der Waals surface area contributed by atoms with Crippen LogP contribution in [-0.4, -0.2) is 18.6 Å². The summed E-state index contributed by atoms with van der Waals surface area (Å²) in [5, 5.41) is 0. The van der Waals surface area contributed by atoms with Gasteiger partial charge in [-0.25, -0.2) is 0 Å². The van der Waals surface area contributed by atoms with Crippen molar-refractivity contribution in [2.24, 2.45) is 52.1 Å². The molecule has 8 atom stereocenters. The lowest BCUT2D eigenvalue weighted by Gasteiger charge is -2.58. The molecule has 0 spiro atoms. The van der Waals surface area contributed by atoms with E-state index in [-0.39, 0.29) is 24.5 Å². The summed E-state index contributed by atoms with van der Waals surface area (Å²) < 4.78 is 5.77. The van der Waals surface area contributed by atoms with Crippen LogP contribution in [0.15, 0.2) is 11.6 Å². The Morgan fingerprint density at radius 1 is 1.09 bits per heavy atom. The van der Waals surface area contributed by atoms with Gasteiger partial charge in [-0.05, 0) is 91.3 Å². The molecule has 0 radical (unpaired) electrons. The first-order chi connectivity index (χ1) is 15.7. The van der Waals surface area contributed by atoms with Crippen molar-refractivity contribution in [3.8, 4) is 0 Å². The molecule has 0 bridgehead atoms. The molecule has 2 N–H and O–H groups in total. The molecule has 34 heavy (non-hydrogen) atoms. The van der Waals surface area contributed by atoms with Crippen molar-refractivity contribution in [1.82, 2.24) is 0 Å². The molecule has 3 nitrogen and oxygen atoms in total. The maximum absolute atomic E-state index is 12.0. The fraction of sp³-hybridized carbons (Fsp3) is 0.900. The number of hydrogen-bond donors (Lipinski definition) is 1. The third kappa shape index (κ3) is 5.26. The number of hydrogen-bond acceptors (Lipinski definition) is 3. The van der Waals surface area contributed by atoms with E-state index in [4.69, 9.17) is 10.5 Å². The summed E-state index contributed by atoms with van der Waals surface area (Å²) in [6, 6.07) is 0. The van der Waals surface area contributed by atoms with Gasteiger partial charge in [0.1, 0.15) is 6.10 Å². The number of allylic oxidation sites excluding steroid dienone is 1. The van der Waals surface area contributed by atoms with E-state index < -0.39 is 0 Å². The van der Waals surface area contributed by atoms with E-state index in [1.54, 1.807) is 5.57 Å². The number of rotatable bonds is 8. The first kappa shape index (κ1) is 28.0. The van der Waals surface area contributed by atoms with Gasteiger partial charge in [0.25, 0.3) is 0 Å². The number of nitrogens with two attached hydrogens (primary N) is 1. The van der Waals surface area contributed by atoms with Crippen LogP contribution in [0.5, 0.6) is 0 Å². The standard InChI is InChI=1S/C30H51NO2.ClH/c1-20(2)7-6-8-21(3)25-11-12-26-24-10-9-22-19-23(33-28(32)15-18-31)13-16-29(22,4)27(24)14-17-30(25,26)5;/h9,20-21,23-27H,6-8,10-19,31H2,1-5H3;1H/t21-,23+,24+,25-,26+,27+,29+,30-;/m1./s1. The van der Waals surface area contributed by atoms with Gasteiger partial charge < -0.3 is 10.5 Å². The summed E-state index contributed by atoms with van der Waals surface area (Å²) >= 11 is 0. The zero-order valence-corrected chi connectivity index (χ0v) is 23.4. The highest BCUT2D eigenvalue weighted by Gasteiger charge is 2.59. The Hall–Kier alpha value is -0.540. The molecular weight excluding hydrogens is 442 g/mol. The van der Waals surface area contributed by atoms with Gasteiger partial charge in [0.2, 0.25) is 0 Å². The molecular formula is C30H52ClNO2. The van der Waals surface area contributed by atoms with E-state index >= 15 is 0 Å². The van der Waals surface area contributed by atoms with Crippen LogP contribution in [0, 0.1) is 46.3 Å². The Morgan fingerprint density at radius 2 is 1.85 bits per heavy atom. The quantitative estimate of drug-likeness (QED) is 0.278. The van der Waals surface area contributed by atoms with Gasteiger partial charge >= 0.3 is 5.97 Å². The van der Waals surface area contributed by atoms with Crippen molar-refractivity contribution in [3.05, 3.63) is 11.6 Å². The second kappa shape index (κ2) is 11.2. The van der Waals surface area contributed by atoms with E-state index in [1.807, 2.05) is 0 Å². The van der Waals surface area contributed by atoms with Crippen LogP contribution in [0.25, 0.3) is 0 Å². The molecule has 4 aliphatic carbocycles. The van der Waals surface area contributed by atoms with Crippen molar-refractivity contribution in [3.63, 3.8) is 0 Å². The van der Waals surface area contributed by atoms with Gasteiger partial charge in [0, 0.05) is 13.0 Å². The number of ether oxygens (including phenoxy) is 1. The topological polar surface area (TPSA) is 52.3 Å². The van der Waals surface area contributed by atoms with Crippen LogP contribution in [0.3, 0.4) is 0 Å². The van der Waals surface area contributed by atoms with Crippen LogP contribution in [0.2, 0.25) is 0 Å². The highest BCUT2D eigenvalue weighted by molar-refractivity contribution is 5.85. The molecule has 4 rings (SSSR count). The van der Waals surface area contributed by atoms with Crippen LogP contribution < -0.4 is 5.73 Å². The Morgan fingerprint density at radius 3 is 2.56 bits per heavy atom. The Kier molecular flexibility index (Phi) is 9.27. The van der Waals surface area contributed by atoms with Gasteiger partial charge in [-0.2, -0.15) is 0 Å². The molecule has 0 amide bonds. The highest BCUT2D eigenvalue weighted by atomic mass is 35.5. The van der Waals surface area contributed by atoms with Crippen molar-refractivity contribution in [2.45, 2.75) is 118 Å². The summed E-state index contributed by atoms with van der Waals surface area (Å²) in [7, 11) is 0. The fourth-order valence-electron chi connectivity index (χ4n) is 9.12. The van der Waals surface area contributed by atoms with Crippen LogP contribution in [-0.2, 0) is 9.53 Å². The average molecular weight is 494 g/mol. The van der Waals surface area contributed by atoms with Gasteiger partial charge in [-0.15, -0.1) is 12.4 Å². The summed E-state index contributed by atoms with van der Waals surface area (Å²) in [6.45, 7) is 12.9. The monoisotopic (exact) mass is 493 g/mol. The predicted octanol–water partition coefficient (Wildman–Crippen LogP) is 7.71. The Labute approximate surface area is 215 Å². The second-order valence-electron chi connectivity index (χ2n) is 13.2. The normalized spacial score (nSPS) is 39.9. The molecule has 196 valence electrons. The summed E-state index contributed by atoms with van der Waals surface area (Å²) in [4.78, 5) is 12.0. The van der Waals surface area contributed by atoms with Crippen molar-refractivity contribution in [2.75, 3.05) is 6.54 Å². The number of fused-ring (bicyclic) bond motifs is 5. The smallest absolute Gasteiger partial charge is 0.307 e. The molecule has 0 unspecified atom stereocenters. The molecule has 0 aromatic carbocycles. The third-order valence-electron chi connectivity index (χ3n) is 10.9. The van der Waals surface area contributed by atoms with Crippen LogP contribution in [0.1, 0.15) is 112 Å². The van der Waals surface area contributed by atoms with Crippen LogP contribution in [0.4, 0.5) is 0 Å². The van der Waals surface area contributed by atoms with E-state index in [0.29, 0.717) is 23.8 Å². The van der Waals surface area contributed by atoms with Crippen molar-refractivity contribution in [1.29, 1.82) is 0 Å². The maximum atomic E-state index is 12.0. The van der Waals surface area contributed by atoms with E-state index in [2.05, 4.69) is 40.7 Å². The molecule has 0 aromatic heterocycles. The molecule has 0 aromatic rings. The number of halogens is 1. The Balaban J connectivity index is 0.00000324. The lowest BCUT2D eigenvalue weighted by Crippen LogP contribution is -2.51. The van der Waals surface area contributed by atoms with Crippen molar-refractivity contribution >= 4 is 18.4 Å². The van der Waals surface area contributed by atoms with Gasteiger partial charge in [-0.3, -0.25) is 4.79 Å². The molecule has 0 heterocycles. The summed E-state index contributed by atoms with van der Waals surface area (Å²) in [5.41, 5.74) is 8.01. The summed E-state index contributed by atoms with van der Waals surface area (Å²) in [6.07, 6.45) is 17.4. The lowest BCUT2D eigenvalue weighted by molar-refractivity contribution is -0.151. The van der Waals surface area contributed by atoms with Gasteiger partial charge in [0.05, 0.1) is 6.42 Å². The first-order valence-electron chi connectivity index (χ1n) is 14.3. The molecule has 3 saturated carbocycles. The van der Waals surface area contributed by atoms with Gasteiger partial charge in [-0.1, -0.05) is 65.5 Å². The first-order valence-corrected chi connectivity index (χ1v) is 14.3. The molecule has 4 heteroatoms. The zero-order valence-electron chi connectivity index (χ0n) is 22.6. The SMILES string of the molecule is CC(C)CCC[C@@H](C)[C@H]1CC[C@H]2[C@@H]3CC=C4C[C@@H](OC(=O)CCN)CC[C@]4(C)[C@H]3CC[C@]12C.Cl. The minimum Gasteiger partial charge on any atom is -0.462 e. The largest absolute Gasteiger partial charge is 0.462 e. The zero-order chi connectivity index (χ0) is 23.8.